The number of hydrogen-bond donors (Lipinski definition) is 1. The molecule has 0 unspecified atom stereocenters. The van der Waals surface area contributed by atoms with Gasteiger partial charge in [0.1, 0.15) is 19.0 Å². The summed E-state index contributed by atoms with van der Waals surface area (Å²) >= 11 is 0. The zero-order valence-corrected chi connectivity index (χ0v) is 25.6. The third-order valence-corrected chi connectivity index (χ3v) is 8.13. The molecule has 0 saturated heterocycles. The van der Waals surface area contributed by atoms with Crippen LogP contribution in [0.2, 0.25) is 0 Å². The number of methoxy groups -OCH3 is 1. The summed E-state index contributed by atoms with van der Waals surface area (Å²) < 4.78 is 17.0. The minimum atomic E-state index is -0.356. The highest BCUT2D eigenvalue weighted by Crippen LogP contribution is 2.35. The first-order valence-corrected chi connectivity index (χ1v) is 15.2. The van der Waals surface area contributed by atoms with Gasteiger partial charge >= 0.3 is 11.9 Å². The van der Waals surface area contributed by atoms with Crippen molar-refractivity contribution >= 4 is 33.5 Å². The predicted octanol–water partition coefficient (Wildman–Crippen LogP) is 7.73. The van der Waals surface area contributed by atoms with Gasteiger partial charge in [0.15, 0.2) is 0 Å². The highest BCUT2D eigenvalue weighted by atomic mass is 16.5. The molecule has 0 amide bonds. The molecule has 0 heterocycles. The lowest BCUT2D eigenvalue weighted by molar-refractivity contribution is -0.145. The molecule has 0 spiro atoms. The first-order valence-electron chi connectivity index (χ1n) is 15.2. The summed E-state index contributed by atoms with van der Waals surface area (Å²) in [6.45, 7) is 0.145. The van der Waals surface area contributed by atoms with Crippen molar-refractivity contribution in [1.29, 1.82) is 0 Å². The second-order valence-corrected chi connectivity index (χ2v) is 11.1. The van der Waals surface area contributed by atoms with Gasteiger partial charge in [0.05, 0.1) is 26.6 Å². The van der Waals surface area contributed by atoms with Crippen molar-refractivity contribution < 1.29 is 28.9 Å². The predicted molar refractivity (Wildman–Crippen MR) is 179 cm³/mol. The first kappa shape index (κ1) is 30.6. The maximum Gasteiger partial charge on any atom is 0.310 e. The molecule has 0 saturated carbocycles. The molecule has 0 aliphatic carbocycles. The van der Waals surface area contributed by atoms with E-state index >= 15 is 0 Å². The summed E-state index contributed by atoms with van der Waals surface area (Å²) in [6, 6.07) is 38.9. The van der Waals surface area contributed by atoms with Crippen LogP contribution in [0.15, 0.2) is 121 Å². The number of fused-ring (bicyclic) bond motifs is 2. The Balaban J connectivity index is 1.16. The van der Waals surface area contributed by atoms with E-state index in [1.54, 1.807) is 19.2 Å². The fraction of sp³-hybridized carbons (Fsp3) is 0.150. The lowest BCUT2D eigenvalue weighted by Gasteiger charge is -2.15. The number of rotatable bonds is 11. The van der Waals surface area contributed by atoms with Gasteiger partial charge in [-0.05, 0) is 67.1 Å². The van der Waals surface area contributed by atoms with Gasteiger partial charge in [0, 0.05) is 5.56 Å². The smallest absolute Gasteiger partial charge is 0.310 e. The number of benzene rings is 6. The fourth-order valence-electron chi connectivity index (χ4n) is 5.79. The van der Waals surface area contributed by atoms with E-state index in [9.17, 15) is 14.7 Å². The van der Waals surface area contributed by atoms with Crippen LogP contribution in [0.1, 0.15) is 27.8 Å². The van der Waals surface area contributed by atoms with E-state index in [1.807, 2.05) is 109 Å². The highest BCUT2D eigenvalue weighted by molar-refractivity contribution is 5.87. The van der Waals surface area contributed by atoms with Crippen LogP contribution < -0.4 is 4.74 Å². The Labute approximate surface area is 267 Å². The average molecular weight is 611 g/mol. The molecule has 6 heteroatoms. The zero-order valence-electron chi connectivity index (χ0n) is 25.6. The van der Waals surface area contributed by atoms with Gasteiger partial charge in [0.25, 0.3) is 0 Å². The molecule has 1 N–H and O–H groups in total. The monoisotopic (exact) mass is 610 g/mol. The molecule has 0 radical (unpaired) electrons. The van der Waals surface area contributed by atoms with Crippen LogP contribution in [-0.2, 0) is 51.7 Å². The Morgan fingerprint density at radius 1 is 0.565 bits per heavy atom. The second-order valence-electron chi connectivity index (χ2n) is 11.1. The normalized spacial score (nSPS) is 11.0. The SMILES string of the molecule is COc1ccc(CC(=O)OCc2cccc3ccccc23)cc1-c1cc(CC(=O)OCc2cccc3ccccc23)ccc1CO. The molecular formula is C40H34O6. The quantitative estimate of drug-likeness (QED) is 0.151. The van der Waals surface area contributed by atoms with E-state index in [4.69, 9.17) is 14.2 Å². The molecule has 6 nitrogen and oxygen atoms in total. The largest absolute Gasteiger partial charge is 0.496 e. The molecule has 46 heavy (non-hydrogen) atoms. The lowest BCUT2D eigenvalue weighted by atomic mass is 9.94. The van der Waals surface area contributed by atoms with Crippen LogP contribution in [0.3, 0.4) is 0 Å². The topological polar surface area (TPSA) is 82.1 Å². The Hall–Kier alpha value is -5.46. The molecule has 0 aromatic heterocycles. The average Bonchev–Trinajstić information content (AvgIpc) is 3.09. The fourth-order valence-corrected chi connectivity index (χ4v) is 5.79. The van der Waals surface area contributed by atoms with E-state index in [1.165, 1.54) is 0 Å². The molecular weight excluding hydrogens is 576 g/mol. The molecule has 6 rings (SSSR count). The molecule has 6 aromatic carbocycles. The molecule has 0 aliphatic rings. The van der Waals surface area contributed by atoms with E-state index in [0.717, 1.165) is 43.8 Å². The summed E-state index contributed by atoms with van der Waals surface area (Å²) in [5, 5.41) is 14.5. The van der Waals surface area contributed by atoms with Crippen molar-refractivity contribution in [3.63, 3.8) is 0 Å². The summed E-state index contributed by atoms with van der Waals surface area (Å²) in [5.74, 6) is -0.127. The van der Waals surface area contributed by atoms with E-state index in [2.05, 4.69) is 0 Å². The Morgan fingerprint density at radius 3 is 1.61 bits per heavy atom. The zero-order chi connectivity index (χ0) is 31.9. The molecule has 230 valence electrons. The number of aliphatic hydroxyl groups is 1. The highest BCUT2D eigenvalue weighted by Gasteiger charge is 2.16. The van der Waals surface area contributed by atoms with Crippen LogP contribution in [-0.4, -0.2) is 24.2 Å². The van der Waals surface area contributed by atoms with Gasteiger partial charge in [-0.15, -0.1) is 0 Å². The Morgan fingerprint density at radius 2 is 1.07 bits per heavy atom. The molecule has 0 atom stereocenters. The van der Waals surface area contributed by atoms with Gasteiger partial charge in [-0.3, -0.25) is 9.59 Å². The first-order chi connectivity index (χ1) is 22.5. The van der Waals surface area contributed by atoms with Crippen molar-refractivity contribution in [1.82, 2.24) is 0 Å². The summed E-state index contributed by atoms with van der Waals surface area (Å²) in [5.41, 5.74) is 5.45. The number of hydrogen-bond acceptors (Lipinski definition) is 6. The van der Waals surface area contributed by atoms with Gasteiger partial charge in [-0.2, -0.15) is 0 Å². The van der Waals surface area contributed by atoms with Gasteiger partial charge in [-0.1, -0.05) is 109 Å². The van der Waals surface area contributed by atoms with E-state index in [0.29, 0.717) is 22.4 Å². The maximum absolute atomic E-state index is 12.9. The van der Waals surface area contributed by atoms with Gasteiger partial charge in [-0.25, -0.2) is 0 Å². The Bertz CT molecular complexity index is 1870. The third kappa shape index (κ3) is 6.93. The number of ether oxygens (including phenoxy) is 3. The van der Waals surface area contributed by atoms with Crippen molar-refractivity contribution in [3.05, 3.63) is 149 Å². The third-order valence-electron chi connectivity index (χ3n) is 8.13. The molecule has 0 fully saturated rings. The lowest BCUT2D eigenvalue weighted by Crippen LogP contribution is -2.09. The van der Waals surface area contributed by atoms with Crippen molar-refractivity contribution in [2.24, 2.45) is 0 Å². The van der Waals surface area contributed by atoms with Crippen molar-refractivity contribution in [2.45, 2.75) is 32.7 Å². The Kier molecular flexibility index (Phi) is 9.37. The van der Waals surface area contributed by atoms with Gasteiger partial charge in [0.2, 0.25) is 0 Å². The molecule has 6 aromatic rings. The standard InChI is InChI=1S/C40H34O6/c1-44-38-19-17-28(23-40(43)46-26-33-13-7-11-30-9-3-5-15-35(30)33)21-37(38)36-20-27(16-18-31(36)24-41)22-39(42)45-25-32-12-6-10-29-8-2-4-14-34(29)32/h2-21,41H,22-26H2,1H3. The maximum atomic E-state index is 12.9. The number of esters is 2. The summed E-state index contributed by atoms with van der Waals surface area (Å²) in [7, 11) is 1.57. The van der Waals surface area contributed by atoms with Crippen molar-refractivity contribution in [2.75, 3.05) is 7.11 Å². The molecule has 0 aliphatic heterocycles. The van der Waals surface area contributed by atoms with Crippen LogP contribution in [0.5, 0.6) is 5.75 Å². The van der Waals surface area contributed by atoms with Crippen LogP contribution in [0.4, 0.5) is 0 Å². The van der Waals surface area contributed by atoms with Gasteiger partial charge < -0.3 is 19.3 Å². The summed E-state index contributed by atoms with van der Waals surface area (Å²) in [4.78, 5) is 25.8. The minimum Gasteiger partial charge on any atom is -0.496 e. The molecule has 0 bridgehead atoms. The van der Waals surface area contributed by atoms with Crippen molar-refractivity contribution in [3.8, 4) is 16.9 Å². The number of carbonyl (C=O) groups excluding carboxylic acids is 2. The minimum absolute atomic E-state index is 0.0615. The number of aliphatic hydroxyl groups excluding tert-OH is 1. The van der Waals surface area contributed by atoms with Crippen LogP contribution >= 0.6 is 0 Å². The second kappa shape index (κ2) is 14.1. The van der Waals surface area contributed by atoms with E-state index in [-0.39, 0.29) is 44.6 Å². The number of carbonyl (C=O) groups is 2. The summed E-state index contributed by atoms with van der Waals surface area (Å²) in [6.07, 6.45) is 0.127. The van der Waals surface area contributed by atoms with Crippen LogP contribution in [0, 0.1) is 0 Å². The van der Waals surface area contributed by atoms with E-state index < -0.39 is 0 Å². The van der Waals surface area contributed by atoms with Crippen LogP contribution in [0.25, 0.3) is 32.7 Å².